The monoisotopic (exact) mass is 1100 g/mol. The highest BCUT2D eigenvalue weighted by Crippen LogP contribution is 2.08. The Morgan fingerprint density at radius 1 is 0.526 bits per heavy atom. The number of amides is 3. The number of benzene rings is 1. The first kappa shape index (κ1) is 96.9. The fourth-order valence-electron chi connectivity index (χ4n) is 5.07. The van der Waals surface area contributed by atoms with Crippen LogP contribution in [0.1, 0.15) is 123 Å². The SMILES string of the molecule is C.C.C.C.CC.CC.CN.CNC(=O)[C@@H](N)CCOC(=O)[C@H](CC(C)C)NC.CNC(=O)[C@@H](N)CCOC(=O)[C@H](CC(C)C)NC.CNC(=O)[C@@H](N)CCOC(=O)[C@H](Cc1ccccc1)NC.CN[C@H](C=O)CO.CO. The highest BCUT2D eigenvalue weighted by molar-refractivity contribution is 5.82. The molecule has 0 radical (unpaired) electrons. The molecule has 17 N–H and O–H groups in total. The van der Waals surface area contributed by atoms with E-state index < -0.39 is 24.2 Å². The largest absolute Gasteiger partial charge is 0.464 e. The molecule has 0 saturated carbocycles. The molecule has 1 aromatic carbocycles. The molecule has 0 aliphatic carbocycles. The van der Waals surface area contributed by atoms with Gasteiger partial charge in [-0.15, -0.1) is 0 Å². The van der Waals surface area contributed by atoms with Crippen LogP contribution in [0.2, 0.25) is 0 Å². The molecule has 0 fully saturated rings. The Labute approximate surface area is 462 Å². The number of likely N-dealkylation sites (N-methyl/N-ethyl adjacent to an activating group) is 7. The number of nitrogens with one attached hydrogen (secondary N) is 7. The molecule has 0 aliphatic rings. The lowest BCUT2D eigenvalue weighted by molar-refractivity contribution is -0.147. The summed E-state index contributed by atoms with van der Waals surface area (Å²) in [4.78, 5) is 78.6. The molecule has 0 bridgehead atoms. The average Bonchev–Trinajstić information content (AvgIpc) is 3.41. The Bertz CT molecular complexity index is 1380. The molecule has 0 aliphatic heterocycles. The number of aliphatic hydroxyl groups is 2. The fraction of sp³-hybridized carbons (Fsp3) is 0.755. The van der Waals surface area contributed by atoms with Crippen LogP contribution in [-0.2, 0) is 54.2 Å². The third-order valence-corrected chi connectivity index (χ3v) is 9.10. The topological polar surface area (TPSA) is 376 Å². The van der Waals surface area contributed by atoms with Gasteiger partial charge in [0, 0.05) is 47.5 Å². The number of hydrogen-bond acceptors (Lipinski definition) is 20. The lowest BCUT2D eigenvalue weighted by atomic mass is 10.0. The number of rotatable bonds is 27. The summed E-state index contributed by atoms with van der Waals surface area (Å²) in [5, 5.41) is 33.9. The van der Waals surface area contributed by atoms with E-state index in [2.05, 4.69) is 43.0 Å². The molecule has 1 rings (SSSR count). The highest BCUT2D eigenvalue weighted by atomic mass is 16.5. The Morgan fingerprint density at radius 2 is 0.803 bits per heavy atom. The third-order valence-electron chi connectivity index (χ3n) is 9.10. The van der Waals surface area contributed by atoms with E-state index in [0.29, 0.717) is 43.8 Å². The van der Waals surface area contributed by atoms with Crippen LogP contribution in [0, 0.1) is 11.8 Å². The Balaban J connectivity index is -0.0000000801. The number of carbonyl (C=O) groups excluding carboxylic acids is 7. The summed E-state index contributed by atoms with van der Waals surface area (Å²) in [5.74, 6) is -0.889. The Hall–Kier alpha value is -4.69. The summed E-state index contributed by atoms with van der Waals surface area (Å²) in [6.07, 6.45) is 3.60. The van der Waals surface area contributed by atoms with Crippen molar-refractivity contribution < 1.29 is 58.0 Å². The summed E-state index contributed by atoms with van der Waals surface area (Å²) in [7, 11) is 13.8. The highest BCUT2D eigenvalue weighted by Gasteiger charge is 2.22. The Kier molecular flexibility index (Phi) is 89.7. The molecular weight excluding hydrogens is 983 g/mol. The van der Waals surface area contributed by atoms with Crippen molar-refractivity contribution in [2.45, 2.75) is 166 Å². The van der Waals surface area contributed by atoms with Crippen molar-refractivity contribution in [3.63, 3.8) is 0 Å². The molecule has 0 heterocycles. The maximum absolute atomic E-state index is 12.0. The standard InChI is InChI=1S/C15H23N3O3.2C12H25N3O3.C4H9NO2.2C2H6.CH5N.CH4O.4CH4/c1-17-13(10-11-6-4-3-5-7-11)15(20)21-9-8-12(16)14(19)18-2;2*1-8(2)7-10(14-3)12(17)18-6-5-9(13)11(16)15-4;1-5-4(2-6)3-7;4*1-2;;;;/h3-7,12-13,17H,8-10,16H2,1-2H3,(H,18,19);2*8-10,14H,5-7,13H2,1-4H3,(H,15,16);2,4-5,7H,3H2,1H3;2*1-2H3;2H2,1H3;2H,1H3;4*1H4/t12-,13-;2*9-,10-;4-;;;;;;;;/m0001......../s1. The predicted octanol–water partition coefficient (Wildman–Crippen LogP) is 1.62. The van der Waals surface area contributed by atoms with Gasteiger partial charge in [0.1, 0.15) is 24.4 Å². The minimum absolute atomic E-state index is 0. The molecule has 0 saturated heterocycles. The molecule has 7 atom stereocenters. The molecule has 23 heteroatoms. The van der Waals surface area contributed by atoms with Crippen molar-refractivity contribution in [2.24, 2.45) is 34.8 Å². The van der Waals surface area contributed by atoms with Crippen LogP contribution in [-0.4, -0.2) is 184 Å². The molecule has 0 unspecified atom stereocenters. The van der Waals surface area contributed by atoms with Gasteiger partial charge in [-0.05, 0) is 71.9 Å². The van der Waals surface area contributed by atoms with Gasteiger partial charge in [-0.25, -0.2) is 0 Å². The van der Waals surface area contributed by atoms with Crippen LogP contribution >= 0.6 is 0 Å². The summed E-state index contributed by atoms with van der Waals surface area (Å²) in [6.45, 7) is 16.5. The second kappa shape index (κ2) is 70.3. The van der Waals surface area contributed by atoms with E-state index in [1.54, 1.807) is 28.2 Å². The first-order valence-corrected chi connectivity index (χ1v) is 24.5. The van der Waals surface area contributed by atoms with Crippen molar-refractivity contribution >= 4 is 41.9 Å². The van der Waals surface area contributed by atoms with Gasteiger partial charge in [-0.2, -0.15) is 0 Å². The van der Waals surface area contributed by atoms with Gasteiger partial charge in [-0.1, -0.05) is 115 Å². The number of esters is 3. The molecule has 1 aromatic rings. The zero-order valence-corrected chi connectivity index (χ0v) is 47.0. The predicted molar refractivity (Wildman–Crippen MR) is 314 cm³/mol. The van der Waals surface area contributed by atoms with Gasteiger partial charge in [0.25, 0.3) is 0 Å². The van der Waals surface area contributed by atoms with Crippen LogP contribution in [0.5, 0.6) is 0 Å². The minimum Gasteiger partial charge on any atom is -0.464 e. The number of aldehydes is 1. The number of nitrogens with two attached hydrogens (primary N) is 4. The molecule has 0 aromatic heterocycles. The second-order valence-electron chi connectivity index (χ2n) is 15.2. The quantitative estimate of drug-likeness (QED) is 0.0338. The van der Waals surface area contributed by atoms with Crippen molar-refractivity contribution in [3.8, 4) is 0 Å². The normalized spacial score (nSPS) is 11.9. The summed E-state index contributed by atoms with van der Waals surface area (Å²) < 4.78 is 15.4. The van der Waals surface area contributed by atoms with Crippen molar-refractivity contribution in [2.75, 3.05) is 89.9 Å². The van der Waals surface area contributed by atoms with E-state index >= 15 is 0 Å². The van der Waals surface area contributed by atoms with Crippen LogP contribution < -0.4 is 60.2 Å². The summed E-state index contributed by atoms with van der Waals surface area (Å²) in [6, 6.07) is 6.35. The molecule has 0 spiro atoms. The number of aliphatic hydroxyl groups excluding tert-OH is 2. The van der Waals surface area contributed by atoms with E-state index in [0.717, 1.165) is 25.5 Å². The van der Waals surface area contributed by atoms with Crippen LogP contribution in [0.15, 0.2) is 30.3 Å². The zero-order valence-electron chi connectivity index (χ0n) is 47.0. The fourth-order valence-corrected chi connectivity index (χ4v) is 5.07. The van der Waals surface area contributed by atoms with Gasteiger partial charge >= 0.3 is 17.9 Å². The van der Waals surface area contributed by atoms with E-state index in [1.165, 1.54) is 28.2 Å². The smallest absolute Gasteiger partial charge is 0.323 e. The molecule has 458 valence electrons. The molecule has 23 nitrogen and oxygen atoms in total. The summed E-state index contributed by atoms with van der Waals surface area (Å²) >= 11 is 0. The average molecular weight is 1100 g/mol. The first-order valence-electron chi connectivity index (χ1n) is 24.5. The number of hydrogen-bond donors (Lipinski definition) is 13. The van der Waals surface area contributed by atoms with Gasteiger partial charge in [0.2, 0.25) is 17.7 Å². The zero-order chi connectivity index (χ0) is 57.6. The molecule has 3 amide bonds. The van der Waals surface area contributed by atoms with Crippen molar-refractivity contribution in [3.05, 3.63) is 35.9 Å². The van der Waals surface area contributed by atoms with Gasteiger partial charge in [0.05, 0.1) is 50.6 Å². The van der Waals surface area contributed by atoms with E-state index in [1.807, 2.05) is 85.7 Å². The van der Waals surface area contributed by atoms with Crippen molar-refractivity contribution in [1.82, 2.24) is 37.2 Å². The molecular formula is C53H119N11O12. The number of carbonyl (C=O) groups is 7. The maximum Gasteiger partial charge on any atom is 0.323 e. The summed E-state index contributed by atoms with van der Waals surface area (Å²) in [5.41, 5.74) is 22.3. The molecule has 76 heavy (non-hydrogen) atoms. The lowest BCUT2D eigenvalue weighted by Gasteiger charge is -2.17. The minimum atomic E-state index is -0.662. The maximum atomic E-state index is 12.0. The van der Waals surface area contributed by atoms with Crippen LogP contribution in [0.25, 0.3) is 0 Å². The van der Waals surface area contributed by atoms with Gasteiger partial charge < -0.3 is 89.4 Å². The van der Waals surface area contributed by atoms with Crippen LogP contribution in [0.3, 0.4) is 0 Å². The van der Waals surface area contributed by atoms with E-state index in [4.69, 9.17) is 41.6 Å². The first-order chi connectivity index (χ1) is 34.3. The van der Waals surface area contributed by atoms with E-state index in [9.17, 15) is 33.6 Å². The van der Waals surface area contributed by atoms with Crippen LogP contribution in [0.4, 0.5) is 0 Å². The van der Waals surface area contributed by atoms with Gasteiger partial charge in [0.15, 0.2) is 0 Å². The van der Waals surface area contributed by atoms with Crippen molar-refractivity contribution in [1.29, 1.82) is 0 Å². The third kappa shape index (κ3) is 57.0. The second-order valence-corrected chi connectivity index (χ2v) is 15.2. The van der Waals surface area contributed by atoms with Gasteiger partial charge in [-0.3, -0.25) is 28.8 Å². The Morgan fingerprint density at radius 3 is 1.00 bits per heavy atom. The number of ether oxygens (including phenoxy) is 3. The lowest BCUT2D eigenvalue weighted by Crippen LogP contribution is -2.41. The van der Waals surface area contributed by atoms with E-state index in [-0.39, 0.29) is 110 Å².